The summed E-state index contributed by atoms with van der Waals surface area (Å²) in [7, 11) is 0. The Morgan fingerprint density at radius 3 is 2.96 bits per heavy atom. The zero-order chi connectivity index (χ0) is 17.4. The third kappa shape index (κ3) is 3.58. The number of benzene rings is 1. The molecule has 4 atom stereocenters. The van der Waals surface area contributed by atoms with Gasteiger partial charge in [0.15, 0.2) is 0 Å². The second kappa shape index (κ2) is 7.26. The van der Waals surface area contributed by atoms with E-state index < -0.39 is 0 Å². The molecule has 0 spiro atoms. The lowest BCUT2D eigenvalue weighted by molar-refractivity contribution is -0.117. The Hall–Kier alpha value is -1.09. The van der Waals surface area contributed by atoms with E-state index in [1.165, 1.54) is 37.7 Å². The molecule has 2 fully saturated rings. The summed E-state index contributed by atoms with van der Waals surface area (Å²) in [5, 5.41) is 3.43. The smallest absolute Gasteiger partial charge is 0.251 e. The standard InChI is InChI=1S/C22H28BrNO/c1-2-14-10-15-6-9-21(17(11-14)12-15)24-22(25)19-5-3-4-16-7-8-18(23)13-20(16)19/h5,7-8,13-15,17,21H,2-4,6,9-12H2,1H3,(H,24,25). The van der Waals surface area contributed by atoms with Crippen LogP contribution in [0.15, 0.2) is 28.7 Å². The van der Waals surface area contributed by atoms with Gasteiger partial charge in [0.2, 0.25) is 0 Å². The summed E-state index contributed by atoms with van der Waals surface area (Å²) < 4.78 is 1.05. The van der Waals surface area contributed by atoms with Crippen molar-refractivity contribution in [3.63, 3.8) is 0 Å². The lowest BCUT2D eigenvalue weighted by Gasteiger charge is -2.44. The Morgan fingerprint density at radius 2 is 2.12 bits per heavy atom. The Bertz CT molecular complexity index is 695. The molecule has 0 radical (unpaired) electrons. The fourth-order valence-electron chi connectivity index (χ4n) is 5.32. The van der Waals surface area contributed by atoms with Crippen LogP contribution < -0.4 is 5.32 Å². The van der Waals surface area contributed by atoms with Crippen molar-refractivity contribution in [3.05, 3.63) is 39.9 Å². The normalized spacial score (nSPS) is 31.0. The minimum absolute atomic E-state index is 0.140. The first-order chi connectivity index (χ1) is 12.1. The van der Waals surface area contributed by atoms with Gasteiger partial charge in [-0.1, -0.05) is 41.4 Å². The third-order valence-corrected chi connectivity index (χ3v) is 7.15. The first kappa shape index (κ1) is 17.3. The van der Waals surface area contributed by atoms with E-state index in [-0.39, 0.29) is 5.91 Å². The van der Waals surface area contributed by atoms with Crippen molar-refractivity contribution >= 4 is 27.4 Å². The second-order valence-corrected chi connectivity index (χ2v) is 9.14. The summed E-state index contributed by atoms with van der Waals surface area (Å²) in [6, 6.07) is 6.70. The van der Waals surface area contributed by atoms with Crippen molar-refractivity contribution in [3.8, 4) is 0 Å². The Kier molecular flexibility index (Phi) is 5.04. The summed E-state index contributed by atoms with van der Waals surface area (Å²) in [4.78, 5) is 13.1. The highest BCUT2D eigenvalue weighted by atomic mass is 79.9. The predicted molar refractivity (Wildman–Crippen MR) is 106 cm³/mol. The summed E-state index contributed by atoms with van der Waals surface area (Å²) >= 11 is 3.56. The Morgan fingerprint density at radius 1 is 1.24 bits per heavy atom. The van der Waals surface area contributed by atoms with Gasteiger partial charge in [-0.25, -0.2) is 0 Å². The van der Waals surface area contributed by atoms with Gasteiger partial charge in [0.25, 0.3) is 5.91 Å². The van der Waals surface area contributed by atoms with E-state index >= 15 is 0 Å². The number of halogens is 1. The first-order valence-corrected chi connectivity index (χ1v) is 10.7. The quantitative estimate of drug-likeness (QED) is 0.711. The van der Waals surface area contributed by atoms with Crippen molar-refractivity contribution in [2.45, 2.75) is 64.3 Å². The van der Waals surface area contributed by atoms with Crippen molar-refractivity contribution in [1.29, 1.82) is 0 Å². The molecule has 3 aliphatic carbocycles. The monoisotopic (exact) mass is 401 g/mol. The van der Waals surface area contributed by atoms with E-state index in [0.29, 0.717) is 12.0 Å². The molecule has 1 amide bonds. The number of allylic oxidation sites excluding steroid dienone is 1. The second-order valence-electron chi connectivity index (χ2n) is 8.22. The van der Waals surface area contributed by atoms with Crippen LogP contribution in [0.3, 0.4) is 0 Å². The largest absolute Gasteiger partial charge is 0.349 e. The van der Waals surface area contributed by atoms with Crippen LogP contribution in [0.4, 0.5) is 0 Å². The fraction of sp³-hybridized carbons (Fsp3) is 0.591. The van der Waals surface area contributed by atoms with E-state index in [0.717, 1.165) is 46.7 Å². The molecule has 2 saturated carbocycles. The van der Waals surface area contributed by atoms with E-state index in [2.05, 4.69) is 52.4 Å². The van der Waals surface area contributed by atoms with E-state index in [1.807, 2.05) is 0 Å². The summed E-state index contributed by atoms with van der Waals surface area (Å²) in [6.45, 7) is 2.32. The summed E-state index contributed by atoms with van der Waals surface area (Å²) in [6.07, 6.45) is 11.9. The minimum Gasteiger partial charge on any atom is -0.349 e. The number of carbonyl (C=O) groups is 1. The molecule has 4 unspecified atom stereocenters. The van der Waals surface area contributed by atoms with Crippen LogP contribution in [0.2, 0.25) is 0 Å². The van der Waals surface area contributed by atoms with Gasteiger partial charge in [-0.2, -0.15) is 0 Å². The van der Waals surface area contributed by atoms with Crippen LogP contribution in [0.1, 0.15) is 63.0 Å². The highest BCUT2D eigenvalue weighted by Crippen LogP contribution is 2.44. The van der Waals surface area contributed by atoms with Crippen LogP contribution in [0.25, 0.3) is 5.57 Å². The van der Waals surface area contributed by atoms with Gasteiger partial charge in [0, 0.05) is 16.1 Å². The van der Waals surface area contributed by atoms with Gasteiger partial charge in [-0.15, -0.1) is 0 Å². The molecule has 1 aromatic carbocycles. The van der Waals surface area contributed by atoms with Gasteiger partial charge in [-0.05, 0) is 86.0 Å². The van der Waals surface area contributed by atoms with Crippen LogP contribution in [0.5, 0.6) is 0 Å². The van der Waals surface area contributed by atoms with Crippen LogP contribution >= 0.6 is 15.9 Å². The topological polar surface area (TPSA) is 29.1 Å². The predicted octanol–water partition coefficient (Wildman–Crippen LogP) is 5.50. The molecule has 3 heteroatoms. The molecule has 2 nitrogen and oxygen atoms in total. The van der Waals surface area contributed by atoms with Crippen LogP contribution in [-0.4, -0.2) is 11.9 Å². The molecule has 1 aromatic rings. The maximum Gasteiger partial charge on any atom is 0.251 e. The van der Waals surface area contributed by atoms with Crippen LogP contribution in [-0.2, 0) is 11.2 Å². The zero-order valence-electron chi connectivity index (χ0n) is 15.1. The zero-order valence-corrected chi connectivity index (χ0v) is 16.6. The molecule has 0 aromatic heterocycles. The van der Waals surface area contributed by atoms with Gasteiger partial charge in [0.05, 0.1) is 0 Å². The van der Waals surface area contributed by atoms with Crippen molar-refractivity contribution in [2.75, 3.05) is 0 Å². The Balaban J connectivity index is 1.49. The average molecular weight is 402 g/mol. The Labute approximate surface area is 159 Å². The highest BCUT2D eigenvalue weighted by Gasteiger charge is 2.37. The molecule has 0 heterocycles. The third-order valence-electron chi connectivity index (χ3n) is 6.66. The lowest BCUT2D eigenvalue weighted by atomic mass is 9.65. The molecule has 3 aliphatic rings. The average Bonchev–Trinajstić information content (AvgIpc) is 2.63. The molecule has 25 heavy (non-hydrogen) atoms. The first-order valence-electron chi connectivity index (χ1n) is 9.93. The lowest BCUT2D eigenvalue weighted by Crippen LogP contribution is -2.46. The molecule has 4 rings (SSSR count). The number of nitrogens with one attached hydrogen (secondary N) is 1. The number of hydrogen-bond acceptors (Lipinski definition) is 1. The van der Waals surface area contributed by atoms with Crippen molar-refractivity contribution in [1.82, 2.24) is 5.32 Å². The van der Waals surface area contributed by atoms with Gasteiger partial charge in [0.1, 0.15) is 0 Å². The molecule has 0 saturated heterocycles. The van der Waals surface area contributed by atoms with E-state index in [4.69, 9.17) is 0 Å². The van der Waals surface area contributed by atoms with Crippen molar-refractivity contribution in [2.24, 2.45) is 17.8 Å². The highest BCUT2D eigenvalue weighted by molar-refractivity contribution is 9.10. The SMILES string of the molecule is CCC1CC2CCC(NC(=O)C3=CCCc4ccc(Br)cc43)C(C1)C2. The number of amides is 1. The molecule has 2 bridgehead atoms. The molecule has 0 aliphatic heterocycles. The maximum absolute atomic E-state index is 13.1. The molecule has 134 valence electrons. The van der Waals surface area contributed by atoms with E-state index in [1.54, 1.807) is 0 Å². The van der Waals surface area contributed by atoms with Crippen molar-refractivity contribution < 1.29 is 4.79 Å². The minimum atomic E-state index is 0.140. The number of aryl methyl sites for hydroxylation is 1. The molecule has 1 N–H and O–H groups in total. The number of fused-ring (bicyclic) bond motifs is 3. The summed E-state index contributed by atoms with van der Waals surface area (Å²) in [5.74, 6) is 2.60. The van der Waals surface area contributed by atoms with E-state index in [9.17, 15) is 4.79 Å². The number of rotatable bonds is 3. The van der Waals surface area contributed by atoms with Gasteiger partial charge >= 0.3 is 0 Å². The fourth-order valence-corrected chi connectivity index (χ4v) is 5.68. The van der Waals surface area contributed by atoms with Gasteiger partial charge < -0.3 is 5.32 Å². The molecular formula is C22H28BrNO. The van der Waals surface area contributed by atoms with Gasteiger partial charge in [-0.3, -0.25) is 4.79 Å². The number of carbonyl (C=O) groups excluding carboxylic acids is 1. The van der Waals surface area contributed by atoms with Crippen LogP contribution in [0, 0.1) is 17.8 Å². The molecular weight excluding hydrogens is 374 g/mol. The summed E-state index contributed by atoms with van der Waals surface area (Å²) in [5.41, 5.74) is 3.29. The number of hydrogen-bond donors (Lipinski definition) is 1. The maximum atomic E-state index is 13.1.